The Balaban J connectivity index is 0.000000293. The van der Waals surface area contributed by atoms with Gasteiger partial charge in [-0.15, -0.1) is 11.6 Å². The molecule has 8 heteroatoms. The molecule has 0 bridgehead atoms. The fraction of sp³-hybridized carbons (Fsp3) is 0.875. The summed E-state index contributed by atoms with van der Waals surface area (Å²) in [4.78, 5) is 8.90. The minimum Gasteiger partial charge on any atom is -0.475 e. The number of methoxy groups -OCH3 is 1. The van der Waals surface area contributed by atoms with Crippen molar-refractivity contribution in [2.75, 3.05) is 20.2 Å². The van der Waals surface area contributed by atoms with Gasteiger partial charge in [0, 0.05) is 13.7 Å². The second-order valence-electron chi connectivity index (χ2n) is 3.09. The Bertz CT molecular complexity index is 225. The third-order valence-electron chi connectivity index (χ3n) is 1.89. The number of halogens is 4. The Morgan fingerprint density at radius 2 is 2.06 bits per heavy atom. The molecule has 0 amide bonds. The predicted octanol–water partition coefficient (Wildman–Crippen LogP) is 1.24. The zero-order valence-electron chi connectivity index (χ0n) is 8.55. The Morgan fingerprint density at radius 3 is 2.31 bits per heavy atom. The van der Waals surface area contributed by atoms with Crippen molar-refractivity contribution in [3.8, 4) is 0 Å². The lowest BCUT2D eigenvalue weighted by molar-refractivity contribution is -0.192. The topological polar surface area (TPSA) is 58.6 Å². The fourth-order valence-electron chi connectivity index (χ4n) is 1.06. The summed E-state index contributed by atoms with van der Waals surface area (Å²) >= 11 is 5.90. The van der Waals surface area contributed by atoms with Crippen LogP contribution in [0.4, 0.5) is 13.2 Å². The number of rotatable bonds is 1. The molecule has 2 N–H and O–H groups in total. The highest BCUT2D eigenvalue weighted by atomic mass is 35.5. The molecule has 1 aliphatic heterocycles. The molecule has 1 rings (SSSR count). The van der Waals surface area contributed by atoms with E-state index in [-0.39, 0.29) is 11.5 Å². The highest BCUT2D eigenvalue weighted by Crippen LogP contribution is 2.13. The van der Waals surface area contributed by atoms with E-state index >= 15 is 0 Å². The molecule has 0 saturated carbocycles. The molecule has 1 saturated heterocycles. The monoisotopic (exact) mass is 263 g/mol. The van der Waals surface area contributed by atoms with Gasteiger partial charge in [-0.25, -0.2) is 4.79 Å². The fourth-order valence-corrected chi connectivity index (χ4v) is 1.40. The van der Waals surface area contributed by atoms with Crippen LogP contribution in [0.2, 0.25) is 0 Å². The highest BCUT2D eigenvalue weighted by molar-refractivity contribution is 6.21. The molecule has 2 atom stereocenters. The molecular weight excluding hydrogens is 251 g/mol. The molecule has 0 aromatic rings. The minimum absolute atomic E-state index is 0.156. The van der Waals surface area contributed by atoms with Gasteiger partial charge in [0.1, 0.15) is 0 Å². The van der Waals surface area contributed by atoms with Crippen molar-refractivity contribution in [2.45, 2.75) is 24.1 Å². The van der Waals surface area contributed by atoms with Crippen molar-refractivity contribution < 1.29 is 27.8 Å². The first-order valence-electron chi connectivity index (χ1n) is 4.46. The molecule has 1 fully saturated rings. The summed E-state index contributed by atoms with van der Waals surface area (Å²) in [6.07, 6.45) is -3.79. The second kappa shape index (κ2) is 6.93. The first-order valence-corrected chi connectivity index (χ1v) is 4.90. The average molecular weight is 264 g/mol. The number of hydrogen-bond donors (Lipinski definition) is 2. The predicted molar refractivity (Wildman–Crippen MR) is 51.6 cm³/mol. The number of alkyl halides is 4. The summed E-state index contributed by atoms with van der Waals surface area (Å²) in [6, 6.07) is 0. The number of carboxylic acids is 1. The molecule has 96 valence electrons. The van der Waals surface area contributed by atoms with Gasteiger partial charge in [-0.2, -0.15) is 13.2 Å². The second-order valence-corrected chi connectivity index (χ2v) is 3.65. The van der Waals surface area contributed by atoms with E-state index in [4.69, 9.17) is 26.2 Å². The molecule has 1 aliphatic rings. The Kier molecular flexibility index (Phi) is 6.70. The summed E-state index contributed by atoms with van der Waals surface area (Å²) in [5, 5.41) is 10.5. The van der Waals surface area contributed by atoms with Gasteiger partial charge in [0.05, 0.1) is 11.5 Å². The van der Waals surface area contributed by atoms with Crippen molar-refractivity contribution in [3.63, 3.8) is 0 Å². The molecule has 16 heavy (non-hydrogen) atoms. The van der Waals surface area contributed by atoms with Crippen molar-refractivity contribution in [2.24, 2.45) is 0 Å². The van der Waals surface area contributed by atoms with Crippen LogP contribution in [0.3, 0.4) is 0 Å². The van der Waals surface area contributed by atoms with Gasteiger partial charge in [-0.1, -0.05) is 0 Å². The molecule has 4 nitrogen and oxygen atoms in total. The summed E-state index contributed by atoms with van der Waals surface area (Å²) in [7, 11) is 1.71. The molecule has 0 spiro atoms. The van der Waals surface area contributed by atoms with Crippen LogP contribution in [0.25, 0.3) is 0 Å². The molecule has 0 radical (unpaired) electrons. The van der Waals surface area contributed by atoms with E-state index in [0.717, 1.165) is 19.5 Å². The van der Waals surface area contributed by atoms with Gasteiger partial charge in [-0.3, -0.25) is 0 Å². The van der Waals surface area contributed by atoms with E-state index < -0.39 is 12.1 Å². The van der Waals surface area contributed by atoms with E-state index in [1.165, 1.54) is 0 Å². The lowest BCUT2D eigenvalue weighted by Crippen LogP contribution is -2.41. The van der Waals surface area contributed by atoms with Gasteiger partial charge >= 0.3 is 12.1 Å². The van der Waals surface area contributed by atoms with Crippen LogP contribution in [0.15, 0.2) is 0 Å². The van der Waals surface area contributed by atoms with Crippen LogP contribution in [0.1, 0.15) is 6.42 Å². The number of ether oxygens (including phenoxy) is 1. The number of hydrogen-bond acceptors (Lipinski definition) is 3. The summed E-state index contributed by atoms with van der Waals surface area (Å²) in [5.74, 6) is -2.76. The van der Waals surface area contributed by atoms with Gasteiger partial charge < -0.3 is 15.2 Å². The van der Waals surface area contributed by atoms with E-state index in [0.29, 0.717) is 0 Å². The SMILES string of the molecule is CO[C@H]1CCNC[C@H]1Cl.O=C(O)C(F)(F)F. The first kappa shape index (κ1) is 15.5. The number of carbonyl (C=O) groups is 1. The van der Waals surface area contributed by atoms with Crippen molar-refractivity contribution >= 4 is 17.6 Å². The summed E-state index contributed by atoms with van der Waals surface area (Å²) in [5.41, 5.74) is 0. The summed E-state index contributed by atoms with van der Waals surface area (Å²) in [6.45, 7) is 1.90. The smallest absolute Gasteiger partial charge is 0.475 e. The molecular formula is C8H13ClF3NO3. The van der Waals surface area contributed by atoms with Crippen LogP contribution in [0.5, 0.6) is 0 Å². The Hall–Kier alpha value is -0.530. The molecule has 0 unspecified atom stereocenters. The van der Waals surface area contributed by atoms with Crippen LogP contribution in [-0.2, 0) is 9.53 Å². The van der Waals surface area contributed by atoms with Crippen LogP contribution < -0.4 is 5.32 Å². The van der Waals surface area contributed by atoms with Crippen molar-refractivity contribution in [3.05, 3.63) is 0 Å². The van der Waals surface area contributed by atoms with E-state index in [2.05, 4.69) is 5.32 Å². The summed E-state index contributed by atoms with van der Waals surface area (Å²) < 4.78 is 36.9. The molecule has 1 heterocycles. The first-order chi connectivity index (χ1) is 7.29. The van der Waals surface area contributed by atoms with Crippen LogP contribution in [0, 0.1) is 0 Å². The van der Waals surface area contributed by atoms with Crippen LogP contribution in [-0.4, -0.2) is 48.9 Å². The minimum atomic E-state index is -5.08. The largest absolute Gasteiger partial charge is 0.490 e. The lowest BCUT2D eigenvalue weighted by atomic mass is 10.1. The van der Waals surface area contributed by atoms with Crippen molar-refractivity contribution in [1.82, 2.24) is 5.32 Å². The molecule has 0 aliphatic carbocycles. The normalized spacial score (nSPS) is 25.6. The average Bonchev–Trinajstić information content (AvgIpc) is 2.18. The quantitative estimate of drug-likeness (QED) is 0.699. The van der Waals surface area contributed by atoms with Crippen molar-refractivity contribution in [1.29, 1.82) is 0 Å². The van der Waals surface area contributed by atoms with E-state index in [1.807, 2.05) is 0 Å². The maximum atomic E-state index is 10.6. The standard InChI is InChI=1S/C6H12ClNO.C2HF3O2/c1-9-6-2-3-8-4-5(6)7;3-2(4,5)1(6)7/h5-6,8H,2-4H2,1H3;(H,6,7)/t5-,6+;/m1./s1. The maximum absolute atomic E-state index is 10.6. The third-order valence-corrected chi connectivity index (χ3v) is 2.33. The van der Waals surface area contributed by atoms with E-state index in [9.17, 15) is 13.2 Å². The Labute approximate surface area is 95.7 Å². The highest BCUT2D eigenvalue weighted by Gasteiger charge is 2.38. The zero-order chi connectivity index (χ0) is 12.8. The third kappa shape index (κ3) is 6.14. The zero-order valence-corrected chi connectivity index (χ0v) is 9.31. The molecule has 0 aromatic heterocycles. The molecule has 0 aromatic carbocycles. The number of piperidine rings is 1. The van der Waals surface area contributed by atoms with Gasteiger partial charge in [0.2, 0.25) is 0 Å². The van der Waals surface area contributed by atoms with Gasteiger partial charge in [0.25, 0.3) is 0 Å². The lowest BCUT2D eigenvalue weighted by Gasteiger charge is -2.26. The van der Waals surface area contributed by atoms with Gasteiger partial charge in [-0.05, 0) is 13.0 Å². The Morgan fingerprint density at radius 1 is 1.56 bits per heavy atom. The van der Waals surface area contributed by atoms with Crippen LogP contribution >= 0.6 is 11.6 Å². The maximum Gasteiger partial charge on any atom is 0.490 e. The van der Waals surface area contributed by atoms with E-state index in [1.54, 1.807) is 7.11 Å². The number of carboxylic acid groups (broad SMARTS) is 1. The number of aliphatic carboxylic acids is 1. The number of nitrogens with one attached hydrogen (secondary N) is 1. The van der Waals surface area contributed by atoms with Gasteiger partial charge in [0.15, 0.2) is 0 Å².